The summed E-state index contributed by atoms with van der Waals surface area (Å²) in [6, 6.07) is -1.80. The second-order valence-electron chi connectivity index (χ2n) is 16.8. The minimum Gasteiger partial charge on any atom is -0.394 e. The van der Waals surface area contributed by atoms with Crippen molar-refractivity contribution in [2.24, 2.45) is 52.1 Å². The number of carbonyl (C=O) groups excluding carboxylic acids is 1. The van der Waals surface area contributed by atoms with E-state index in [4.69, 9.17) is 24.7 Å². The summed E-state index contributed by atoms with van der Waals surface area (Å²) in [7, 11) is 0. The van der Waals surface area contributed by atoms with E-state index >= 15 is 0 Å². The number of hydrogen-bond acceptors (Lipinski definition) is 9. The van der Waals surface area contributed by atoms with Crippen molar-refractivity contribution < 1.29 is 39.1 Å². The molecule has 0 aromatic heterocycles. The van der Waals surface area contributed by atoms with Crippen molar-refractivity contribution in [1.29, 1.82) is 0 Å². The molecule has 3 aliphatic heterocycles. The summed E-state index contributed by atoms with van der Waals surface area (Å²) in [5, 5.41) is 33.9. The molecule has 6 N–H and O–H groups in total. The molecule has 6 fully saturated rings. The van der Waals surface area contributed by atoms with E-state index in [1.807, 2.05) is 0 Å². The maximum absolute atomic E-state index is 12.5. The Bertz CT molecular complexity index is 1190. The second kappa shape index (κ2) is 12.0. The van der Waals surface area contributed by atoms with Gasteiger partial charge in [-0.15, -0.1) is 0 Å². The van der Waals surface area contributed by atoms with Gasteiger partial charge >= 0.3 is 0 Å². The highest BCUT2D eigenvalue weighted by Gasteiger charge is 2.68. The molecule has 0 radical (unpaired) electrons. The van der Waals surface area contributed by atoms with Gasteiger partial charge in [0.2, 0.25) is 5.91 Å². The van der Waals surface area contributed by atoms with Gasteiger partial charge < -0.3 is 45.3 Å². The number of nitrogens with two attached hydrogens (primary N) is 1. The molecule has 0 unspecified atom stereocenters. The van der Waals surface area contributed by atoms with Crippen LogP contribution < -0.4 is 11.1 Å². The number of fused-ring (bicyclic) bond motifs is 7. The number of rotatable bonds is 5. The van der Waals surface area contributed by atoms with Crippen molar-refractivity contribution in [2.45, 2.75) is 147 Å². The number of aliphatic hydroxyl groups excluding tert-OH is 3. The highest BCUT2D eigenvalue weighted by atomic mass is 16.7. The number of nitrogens with one attached hydrogen (secondary N) is 1. The third kappa shape index (κ3) is 5.15. The molecule has 3 heterocycles. The lowest BCUT2D eigenvalue weighted by molar-refractivity contribution is -0.284. The molecule has 3 saturated heterocycles. The van der Waals surface area contributed by atoms with E-state index in [0.29, 0.717) is 41.6 Å². The SMILES string of the molecule is C[C@@H]1CC[C@@]2(OC1)O[C@H]1C[C@H]3[C@@H]4CC=C5C[C@@H](O[C@@H]6O[C@H](CO)[C@@H](O)[C@H](O)[C@H]6NC(=O)[C@H](C)N)CC[C@]5(C)[C@H]4CC[C@]3(C)[C@H]1[C@@H]2C. The average Bonchev–Trinajstić information content (AvgIpc) is 3.47. The predicted molar refractivity (Wildman–Crippen MR) is 170 cm³/mol. The molecule has 7 aliphatic rings. The molecule has 0 aromatic rings. The average molecular weight is 647 g/mol. The van der Waals surface area contributed by atoms with Crippen LogP contribution in [0.5, 0.6) is 0 Å². The molecule has 46 heavy (non-hydrogen) atoms. The fourth-order valence-corrected chi connectivity index (χ4v) is 11.6. The van der Waals surface area contributed by atoms with Crippen molar-refractivity contribution in [2.75, 3.05) is 13.2 Å². The van der Waals surface area contributed by atoms with Gasteiger partial charge in [0.1, 0.15) is 24.4 Å². The Morgan fingerprint density at radius 2 is 1.91 bits per heavy atom. The van der Waals surface area contributed by atoms with Gasteiger partial charge in [-0.05, 0) is 98.7 Å². The third-order valence-corrected chi connectivity index (χ3v) is 14.3. The molecule has 10 heteroatoms. The summed E-state index contributed by atoms with van der Waals surface area (Å²) < 4.78 is 25.9. The fraction of sp³-hybridized carbons (Fsp3) is 0.917. The van der Waals surface area contributed by atoms with E-state index in [9.17, 15) is 20.1 Å². The van der Waals surface area contributed by atoms with Gasteiger partial charge in [0.15, 0.2) is 12.1 Å². The van der Waals surface area contributed by atoms with Gasteiger partial charge in [-0.25, -0.2) is 0 Å². The number of allylic oxidation sites excluding steroid dienone is 1. The highest BCUT2D eigenvalue weighted by Crippen LogP contribution is 2.70. The largest absolute Gasteiger partial charge is 0.394 e. The van der Waals surface area contributed by atoms with Crippen LogP contribution in [-0.4, -0.2) is 89.1 Å². The molecule has 0 aromatic carbocycles. The number of aliphatic hydroxyl groups is 3. The molecule has 3 saturated carbocycles. The van der Waals surface area contributed by atoms with E-state index in [2.05, 4.69) is 39.1 Å². The van der Waals surface area contributed by atoms with Gasteiger partial charge in [0.05, 0.1) is 31.5 Å². The predicted octanol–water partition coefficient (Wildman–Crippen LogP) is 3.01. The van der Waals surface area contributed by atoms with E-state index in [1.165, 1.54) is 24.8 Å². The Kier molecular flexibility index (Phi) is 8.74. The molecule has 17 atom stereocenters. The summed E-state index contributed by atoms with van der Waals surface area (Å²) >= 11 is 0. The molecule has 1 amide bonds. The number of ether oxygens (including phenoxy) is 4. The van der Waals surface area contributed by atoms with Gasteiger partial charge in [0, 0.05) is 12.3 Å². The number of hydrogen-bond donors (Lipinski definition) is 5. The summed E-state index contributed by atoms with van der Waals surface area (Å²) in [6.45, 7) is 11.6. The topological polar surface area (TPSA) is 153 Å². The third-order valence-electron chi connectivity index (χ3n) is 14.3. The van der Waals surface area contributed by atoms with Gasteiger partial charge in [-0.1, -0.05) is 39.3 Å². The van der Waals surface area contributed by atoms with Crippen molar-refractivity contribution in [1.82, 2.24) is 5.32 Å². The standard InChI is InChI=1S/C36H58N2O8/c1-18-8-13-36(43-17-18)19(2)28-26(46-36)15-25-23-7-6-21-14-22(9-11-34(21,4)24(23)10-12-35(25,28)5)44-33-29(38-32(42)20(3)37)31(41)30(40)27(16-39)45-33/h6,18-20,22-31,33,39-41H,7-17,37H2,1-5H3,(H,38,42)/t18-,19+,20+,22+,23-,24+,25+,26+,27-,28+,29-,30-,31-,33-,34+,35+,36-/m1/s1. The Morgan fingerprint density at radius 3 is 2.61 bits per heavy atom. The van der Waals surface area contributed by atoms with E-state index in [1.54, 1.807) is 6.92 Å². The first kappa shape index (κ1) is 33.4. The minimum absolute atomic E-state index is 0.109. The van der Waals surface area contributed by atoms with Crippen LogP contribution in [0.2, 0.25) is 0 Å². The first-order valence-corrected chi connectivity index (χ1v) is 18.2. The van der Waals surface area contributed by atoms with Crippen molar-refractivity contribution in [3.05, 3.63) is 11.6 Å². The van der Waals surface area contributed by atoms with E-state index in [-0.39, 0.29) is 22.7 Å². The summed E-state index contributed by atoms with van der Waals surface area (Å²) in [5.74, 6) is 2.66. The van der Waals surface area contributed by atoms with Crippen LogP contribution in [0.1, 0.15) is 92.4 Å². The Morgan fingerprint density at radius 1 is 1.13 bits per heavy atom. The summed E-state index contributed by atoms with van der Waals surface area (Å²) in [5.41, 5.74) is 7.60. The first-order valence-electron chi connectivity index (χ1n) is 18.2. The van der Waals surface area contributed by atoms with Crippen LogP contribution in [0.25, 0.3) is 0 Å². The zero-order chi connectivity index (χ0) is 32.8. The fourth-order valence-electron chi connectivity index (χ4n) is 11.6. The van der Waals surface area contributed by atoms with E-state index in [0.717, 1.165) is 45.1 Å². The molecular weight excluding hydrogens is 588 g/mol. The van der Waals surface area contributed by atoms with Gasteiger partial charge in [0.25, 0.3) is 0 Å². The van der Waals surface area contributed by atoms with Crippen LogP contribution in [0.4, 0.5) is 0 Å². The molecule has 4 aliphatic carbocycles. The molecule has 260 valence electrons. The highest BCUT2D eigenvalue weighted by molar-refractivity contribution is 5.81. The maximum Gasteiger partial charge on any atom is 0.237 e. The molecule has 1 spiro atoms. The smallest absolute Gasteiger partial charge is 0.237 e. The Hall–Kier alpha value is -1.11. The zero-order valence-corrected chi connectivity index (χ0v) is 28.4. The van der Waals surface area contributed by atoms with Crippen LogP contribution in [0, 0.1) is 46.3 Å². The van der Waals surface area contributed by atoms with Crippen molar-refractivity contribution >= 4 is 5.91 Å². The Labute approximate surface area is 274 Å². The monoisotopic (exact) mass is 646 g/mol. The lowest BCUT2D eigenvalue weighted by Crippen LogP contribution is -2.66. The van der Waals surface area contributed by atoms with Crippen molar-refractivity contribution in [3.63, 3.8) is 0 Å². The van der Waals surface area contributed by atoms with E-state index < -0.39 is 49.2 Å². The lowest BCUT2D eigenvalue weighted by atomic mass is 9.47. The van der Waals surface area contributed by atoms with Crippen molar-refractivity contribution in [3.8, 4) is 0 Å². The quantitative estimate of drug-likeness (QED) is 0.284. The summed E-state index contributed by atoms with van der Waals surface area (Å²) in [4.78, 5) is 12.5. The summed E-state index contributed by atoms with van der Waals surface area (Å²) in [6.07, 6.45) is 7.39. The molecule has 7 rings (SSSR count). The van der Waals surface area contributed by atoms with Gasteiger partial charge in [-0.2, -0.15) is 0 Å². The van der Waals surface area contributed by atoms with Gasteiger partial charge in [-0.3, -0.25) is 4.79 Å². The normalized spacial score (nSPS) is 53.8. The number of amides is 1. The second-order valence-corrected chi connectivity index (χ2v) is 16.8. The van der Waals surface area contributed by atoms with Crippen LogP contribution in [0.3, 0.4) is 0 Å². The maximum atomic E-state index is 12.5. The lowest BCUT2D eigenvalue weighted by Gasteiger charge is -2.58. The minimum atomic E-state index is -1.36. The molecule has 10 nitrogen and oxygen atoms in total. The first-order chi connectivity index (χ1) is 21.8. The Balaban J connectivity index is 1.05. The van der Waals surface area contributed by atoms with Crippen LogP contribution in [-0.2, 0) is 23.7 Å². The van der Waals surface area contributed by atoms with Crippen LogP contribution in [0.15, 0.2) is 11.6 Å². The van der Waals surface area contributed by atoms with Crippen LogP contribution >= 0.6 is 0 Å². The number of carbonyl (C=O) groups is 1. The molecule has 0 bridgehead atoms. The zero-order valence-electron chi connectivity index (χ0n) is 28.4. The molecular formula is C36H58N2O8.